The third-order valence-electron chi connectivity index (χ3n) is 2.99. The van der Waals surface area contributed by atoms with E-state index in [1.165, 1.54) is 18.3 Å². The first-order valence-corrected chi connectivity index (χ1v) is 6.49. The average Bonchev–Trinajstić information content (AvgIpc) is 2.51. The van der Waals surface area contributed by atoms with Crippen LogP contribution in [0.3, 0.4) is 0 Å². The van der Waals surface area contributed by atoms with Gasteiger partial charge in [-0.05, 0) is 18.2 Å². The number of ether oxygens (including phenoxy) is 1. The van der Waals surface area contributed by atoms with E-state index in [2.05, 4.69) is 4.98 Å². The number of benzene rings is 2. The molecule has 0 saturated carbocycles. The highest BCUT2D eigenvalue weighted by molar-refractivity contribution is 6.35. The van der Waals surface area contributed by atoms with Gasteiger partial charge in [0.1, 0.15) is 5.75 Å². The molecular formula is C15H9ClN2O3. The molecule has 0 unspecified atom stereocenters. The van der Waals surface area contributed by atoms with Gasteiger partial charge < -0.3 is 4.74 Å². The Morgan fingerprint density at radius 1 is 1.05 bits per heavy atom. The van der Waals surface area contributed by atoms with Crippen LogP contribution in [0.2, 0.25) is 5.02 Å². The first kappa shape index (κ1) is 13.3. The highest BCUT2D eigenvalue weighted by atomic mass is 35.5. The lowest BCUT2D eigenvalue weighted by Crippen LogP contribution is -1.95. The minimum absolute atomic E-state index is 0.0463. The lowest BCUT2D eigenvalue weighted by molar-refractivity contribution is -0.386. The van der Waals surface area contributed by atoms with Crippen molar-refractivity contribution in [3.05, 3.63) is 69.9 Å². The molecule has 0 fully saturated rings. The molecule has 3 rings (SSSR count). The van der Waals surface area contributed by atoms with Gasteiger partial charge in [-0.25, -0.2) is 4.98 Å². The summed E-state index contributed by atoms with van der Waals surface area (Å²) >= 11 is 6.13. The van der Waals surface area contributed by atoms with Crippen LogP contribution in [0.1, 0.15) is 0 Å². The molecule has 0 saturated heterocycles. The highest BCUT2D eigenvalue weighted by Crippen LogP contribution is 2.35. The second-order valence-corrected chi connectivity index (χ2v) is 4.69. The molecule has 104 valence electrons. The fraction of sp³-hybridized carbons (Fsp3) is 0. The fourth-order valence-corrected chi connectivity index (χ4v) is 2.26. The Morgan fingerprint density at radius 2 is 1.81 bits per heavy atom. The molecule has 0 aliphatic heterocycles. The molecule has 0 atom stereocenters. The van der Waals surface area contributed by atoms with Crippen LogP contribution >= 0.6 is 11.6 Å². The Kier molecular flexibility index (Phi) is 3.41. The quantitative estimate of drug-likeness (QED) is 0.524. The first-order valence-electron chi connectivity index (χ1n) is 6.11. The fourth-order valence-electron chi connectivity index (χ4n) is 2.03. The average molecular weight is 301 g/mol. The van der Waals surface area contributed by atoms with Crippen LogP contribution in [-0.4, -0.2) is 9.91 Å². The van der Waals surface area contributed by atoms with Gasteiger partial charge in [-0.2, -0.15) is 0 Å². The van der Waals surface area contributed by atoms with Gasteiger partial charge >= 0.3 is 5.69 Å². The van der Waals surface area contributed by atoms with Gasteiger partial charge in [0.15, 0.2) is 0 Å². The van der Waals surface area contributed by atoms with Crippen molar-refractivity contribution < 1.29 is 9.66 Å². The van der Waals surface area contributed by atoms with E-state index in [-0.39, 0.29) is 11.6 Å². The number of aromatic nitrogens is 1. The van der Waals surface area contributed by atoms with Gasteiger partial charge in [-0.1, -0.05) is 35.9 Å². The largest absolute Gasteiger partial charge is 0.433 e. The van der Waals surface area contributed by atoms with E-state index in [1.807, 2.05) is 24.3 Å². The van der Waals surface area contributed by atoms with Crippen molar-refractivity contribution in [1.82, 2.24) is 4.98 Å². The van der Waals surface area contributed by atoms with Crippen LogP contribution < -0.4 is 4.74 Å². The van der Waals surface area contributed by atoms with Gasteiger partial charge in [0, 0.05) is 28.1 Å². The number of halogens is 1. The first-order chi connectivity index (χ1) is 10.2. The molecule has 0 spiro atoms. The Balaban J connectivity index is 2.11. The molecule has 21 heavy (non-hydrogen) atoms. The molecule has 0 aliphatic rings. The summed E-state index contributed by atoms with van der Waals surface area (Å²) in [5, 5.41) is 13.2. The standard InChI is InChI=1S/C15H9ClN2O3/c16-12-7-8-14(11-5-2-1-4-10(11)12)21-15-13(18(19)20)6-3-9-17-15/h1-9H. The Labute approximate surface area is 124 Å². The zero-order chi connectivity index (χ0) is 14.8. The van der Waals surface area contributed by atoms with E-state index in [4.69, 9.17) is 16.3 Å². The minimum Gasteiger partial charge on any atom is -0.433 e. The Bertz CT molecular complexity index is 836. The summed E-state index contributed by atoms with van der Waals surface area (Å²) in [6.07, 6.45) is 1.44. The number of pyridine rings is 1. The summed E-state index contributed by atoms with van der Waals surface area (Å²) in [6.45, 7) is 0. The second-order valence-electron chi connectivity index (χ2n) is 4.28. The van der Waals surface area contributed by atoms with Gasteiger partial charge in [-0.15, -0.1) is 0 Å². The van der Waals surface area contributed by atoms with E-state index >= 15 is 0 Å². The van der Waals surface area contributed by atoms with E-state index in [1.54, 1.807) is 12.1 Å². The van der Waals surface area contributed by atoms with E-state index in [0.717, 1.165) is 10.8 Å². The molecule has 0 aliphatic carbocycles. The molecule has 0 bridgehead atoms. The van der Waals surface area contributed by atoms with Crippen molar-refractivity contribution >= 4 is 28.1 Å². The third kappa shape index (κ3) is 2.51. The van der Waals surface area contributed by atoms with Gasteiger partial charge in [0.05, 0.1) is 4.92 Å². The second kappa shape index (κ2) is 5.38. The molecule has 1 aromatic heterocycles. The van der Waals surface area contributed by atoms with Gasteiger partial charge in [0.2, 0.25) is 0 Å². The van der Waals surface area contributed by atoms with Crippen LogP contribution in [0.25, 0.3) is 10.8 Å². The molecular weight excluding hydrogens is 292 g/mol. The number of nitrogens with zero attached hydrogens (tertiary/aromatic N) is 2. The number of hydrogen-bond donors (Lipinski definition) is 0. The van der Waals surface area contributed by atoms with Crippen molar-refractivity contribution in [2.24, 2.45) is 0 Å². The van der Waals surface area contributed by atoms with E-state index < -0.39 is 4.92 Å². The van der Waals surface area contributed by atoms with Crippen molar-refractivity contribution in [3.63, 3.8) is 0 Å². The number of nitro groups is 1. The summed E-state index contributed by atoms with van der Waals surface area (Å²) < 4.78 is 5.63. The molecule has 6 heteroatoms. The summed E-state index contributed by atoms with van der Waals surface area (Å²) in [7, 11) is 0. The van der Waals surface area contributed by atoms with E-state index in [9.17, 15) is 10.1 Å². The zero-order valence-electron chi connectivity index (χ0n) is 10.7. The number of rotatable bonds is 3. The molecule has 3 aromatic rings. The molecule has 5 nitrogen and oxygen atoms in total. The molecule has 0 amide bonds. The minimum atomic E-state index is -0.527. The predicted octanol–water partition coefficient (Wildman–Crippen LogP) is 4.59. The van der Waals surface area contributed by atoms with Crippen molar-refractivity contribution in [1.29, 1.82) is 0 Å². The monoisotopic (exact) mass is 300 g/mol. The summed E-state index contributed by atoms with van der Waals surface area (Å²) in [4.78, 5) is 14.4. The molecule has 0 N–H and O–H groups in total. The summed E-state index contributed by atoms with van der Waals surface area (Å²) in [5.41, 5.74) is -0.184. The summed E-state index contributed by atoms with van der Waals surface area (Å²) in [5.74, 6) is 0.423. The van der Waals surface area contributed by atoms with Crippen LogP contribution in [0.5, 0.6) is 11.6 Å². The molecule has 2 aromatic carbocycles. The third-order valence-corrected chi connectivity index (χ3v) is 3.31. The maximum Gasteiger partial charge on any atom is 0.331 e. The highest BCUT2D eigenvalue weighted by Gasteiger charge is 2.17. The Morgan fingerprint density at radius 3 is 2.57 bits per heavy atom. The van der Waals surface area contributed by atoms with E-state index in [0.29, 0.717) is 10.8 Å². The SMILES string of the molecule is O=[N+]([O-])c1cccnc1Oc1ccc(Cl)c2ccccc12. The zero-order valence-corrected chi connectivity index (χ0v) is 11.4. The van der Waals surface area contributed by atoms with Crippen LogP contribution in [0.15, 0.2) is 54.7 Å². The van der Waals surface area contributed by atoms with Gasteiger partial charge in [-0.3, -0.25) is 10.1 Å². The Hall–Kier alpha value is -2.66. The van der Waals surface area contributed by atoms with Gasteiger partial charge in [0.25, 0.3) is 5.88 Å². The van der Waals surface area contributed by atoms with Crippen molar-refractivity contribution in [3.8, 4) is 11.6 Å². The molecule has 0 radical (unpaired) electrons. The maximum atomic E-state index is 11.0. The van der Waals surface area contributed by atoms with Crippen LogP contribution in [0, 0.1) is 10.1 Å². The topological polar surface area (TPSA) is 65.3 Å². The normalized spacial score (nSPS) is 10.5. The lowest BCUT2D eigenvalue weighted by atomic mass is 10.1. The van der Waals surface area contributed by atoms with Crippen molar-refractivity contribution in [2.45, 2.75) is 0 Å². The smallest absolute Gasteiger partial charge is 0.331 e. The van der Waals surface area contributed by atoms with Crippen LogP contribution in [0.4, 0.5) is 5.69 Å². The molecule has 1 heterocycles. The summed E-state index contributed by atoms with van der Waals surface area (Å²) in [6, 6.07) is 13.6. The number of hydrogen-bond acceptors (Lipinski definition) is 4. The maximum absolute atomic E-state index is 11.0. The predicted molar refractivity (Wildman–Crippen MR) is 79.9 cm³/mol. The van der Waals surface area contributed by atoms with Crippen molar-refractivity contribution in [2.75, 3.05) is 0 Å². The lowest BCUT2D eigenvalue weighted by Gasteiger charge is -2.09. The number of fused-ring (bicyclic) bond motifs is 1. The van der Waals surface area contributed by atoms with Crippen LogP contribution in [-0.2, 0) is 0 Å².